The Hall–Kier alpha value is -2.67. The van der Waals surface area contributed by atoms with Crippen LogP contribution in [0.3, 0.4) is 0 Å². The van der Waals surface area contributed by atoms with Crippen molar-refractivity contribution >= 4 is 23.5 Å². The van der Waals surface area contributed by atoms with Gasteiger partial charge in [0.15, 0.2) is 6.04 Å². The summed E-state index contributed by atoms with van der Waals surface area (Å²) in [6.07, 6.45) is 2.03. The lowest BCUT2D eigenvalue weighted by Crippen LogP contribution is -2.34. The first-order valence-electron chi connectivity index (χ1n) is 5.82. The Morgan fingerprint density at radius 1 is 1.33 bits per heavy atom. The topological polar surface area (TPSA) is 112 Å². The van der Waals surface area contributed by atoms with Crippen LogP contribution in [0.2, 0.25) is 5.02 Å². The number of amides is 1. The van der Waals surface area contributed by atoms with Gasteiger partial charge in [-0.15, -0.1) is 0 Å². The van der Waals surface area contributed by atoms with Gasteiger partial charge in [0.1, 0.15) is 5.69 Å². The monoisotopic (exact) mass is 307 g/mol. The molecule has 1 heterocycles. The van der Waals surface area contributed by atoms with E-state index in [1.807, 2.05) is 0 Å². The number of H-pyrrole nitrogens is 1. The molecule has 8 heteroatoms. The Morgan fingerprint density at radius 2 is 2.05 bits per heavy atom. The fourth-order valence-corrected chi connectivity index (χ4v) is 1.90. The first-order valence-corrected chi connectivity index (χ1v) is 6.19. The van der Waals surface area contributed by atoms with Crippen molar-refractivity contribution in [3.8, 4) is 0 Å². The zero-order valence-corrected chi connectivity index (χ0v) is 11.3. The van der Waals surface area contributed by atoms with Gasteiger partial charge in [0, 0.05) is 16.8 Å². The zero-order chi connectivity index (χ0) is 15.4. The highest BCUT2D eigenvalue weighted by Crippen LogP contribution is 2.23. The first kappa shape index (κ1) is 14.7. The average molecular weight is 308 g/mol. The van der Waals surface area contributed by atoms with Crippen molar-refractivity contribution < 1.29 is 14.7 Å². The molecule has 1 amide bonds. The molecule has 3 N–H and O–H groups in total. The van der Waals surface area contributed by atoms with Crippen molar-refractivity contribution in [3.63, 3.8) is 0 Å². The number of rotatable bonds is 4. The van der Waals surface area contributed by atoms with Crippen LogP contribution >= 0.6 is 11.6 Å². The van der Waals surface area contributed by atoms with E-state index in [4.69, 9.17) is 11.6 Å². The lowest BCUT2D eigenvalue weighted by Gasteiger charge is -2.15. The number of hydrogen-bond donors (Lipinski definition) is 3. The number of carboxylic acid groups (broad SMARTS) is 1. The second-order valence-electron chi connectivity index (χ2n) is 4.06. The van der Waals surface area contributed by atoms with Crippen LogP contribution in [-0.2, 0) is 4.79 Å². The van der Waals surface area contributed by atoms with Gasteiger partial charge in [0.2, 0.25) is 0 Å². The normalized spacial score (nSPS) is 11.7. The summed E-state index contributed by atoms with van der Waals surface area (Å²) in [5.74, 6) is -2.00. The van der Waals surface area contributed by atoms with Crippen molar-refractivity contribution in [1.29, 1.82) is 0 Å². The van der Waals surface area contributed by atoms with Crippen LogP contribution < -0.4 is 10.9 Å². The Kier molecular flexibility index (Phi) is 4.34. The zero-order valence-electron chi connectivity index (χ0n) is 10.5. The number of carboxylic acids is 1. The van der Waals surface area contributed by atoms with E-state index >= 15 is 0 Å². The van der Waals surface area contributed by atoms with Crippen LogP contribution in [0.4, 0.5) is 0 Å². The van der Waals surface area contributed by atoms with Gasteiger partial charge in [-0.25, -0.2) is 9.78 Å². The quantitative estimate of drug-likeness (QED) is 0.779. The van der Waals surface area contributed by atoms with E-state index in [2.05, 4.69) is 15.3 Å². The number of carbonyl (C=O) groups is 2. The van der Waals surface area contributed by atoms with Crippen LogP contribution in [0.15, 0.2) is 41.5 Å². The van der Waals surface area contributed by atoms with Gasteiger partial charge >= 0.3 is 5.97 Å². The molecule has 1 atom stereocenters. The highest BCUT2D eigenvalue weighted by molar-refractivity contribution is 6.31. The molecule has 0 bridgehead atoms. The standard InChI is InChI=1S/C13H10ClN3O4/c14-8-4-2-1-3-7(8)11(13(20)21)17-12(19)9-5-16-10(18)6-15-9/h1-6,11H,(H,16,18)(H,17,19)(H,20,21)/t11-/m1/s1. The minimum Gasteiger partial charge on any atom is -0.479 e. The van der Waals surface area contributed by atoms with Gasteiger partial charge in [0.25, 0.3) is 11.5 Å². The van der Waals surface area contributed by atoms with E-state index in [9.17, 15) is 19.5 Å². The number of hydrogen-bond acceptors (Lipinski definition) is 4. The van der Waals surface area contributed by atoms with E-state index in [0.29, 0.717) is 0 Å². The summed E-state index contributed by atoms with van der Waals surface area (Å²) >= 11 is 5.94. The molecule has 0 aliphatic carbocycles. The van der Waals surface area contributed by atoms with E-state index in [-0.39, 0.29) is 16.3 Å². The van der Waals surface area contributed by atoms with E-state index in [0.717, 1.165) is 12.4 Å². The van der Waals surface area contributed by atoms with E-state index in [1.165, 1.54) is 12.1 Å². The fourth-order valence-electron chi connectivity index (χ4n) is 1.65. The maximum absolute atomic E-state index is 12.0. The van der Waals surface area contributed by atoms with Crippen molar-refractivity contribution in [2.75, 3.05) is 0 Å². The summed E-state index contributed by atoms with van der Waals surface area (Å²) in [5.41, 5.74) is -0.315. The second-order valence-corrected chi connectivity index (χ2v) is 4.47. The lowest BCUT2D eigenvalue weighted by atomic mass is 10.1. The molecule has 2 aromatic rings. The van der Waals surface area contributed by atoms with Gasteiger partial charge in [0.05, 0.1) is 6.20 Å². The molecule has 0 saturated heterocycles. The summed E-state index contributed by atoms with van der Waals surface area (Å²) in [5, 5.41) is 11.8. The molecule has 0 unspecified atom stereocenters. The fraction of sp³-hybridized carbons (Fsp3) is 0.0769. The molecular weight excluding hydrogens is 298 g/mol. The van der Waals surface area contributed by atoms with Gasteiger partial charge in [-0.2, -0.15) is 0 Å². The minimum absolute atomic E-state index is 0.104. The van der Waals surface area contributed by atoms with Gasteiger partial charge in [-0.1, -0.05) is 29.8 Å². The number of nitrogens with one attached hydrogen (secondary N) is 2. The molecule has 21 heavy (non-hydrogen) atoms. The number of benzene rings is 1. The number of halogens is 1. The highest BCUT2D eigenvalue weighted by Gasteiger charge is 2.25. The van der Waals surface area contributed by atoms with Crippen LogP contribution in [0, 0.1) is 0 Å². The molecule has 108 valence electrons. The summed E-state index contributed by atoms with van der Waals surface area (Å²) in [4.78, 5) is 40.1. The Balaban J connectivity index is 2.27. The molecule has 0 aliphatic rings. The van der Waals surface area contributed by atoms with Crippen LogP contribution in [-0.4, -0.2) is 27.0 Å². The van der Waals surface area contributed by atoms with Crippen LogP contribution in [0.5, 0.6) is 0 Å². The van der Waals surface area contributed by atoms with Crippen LogP contribution in [0.25, 0.3) is 0 Å². The van der Waals surface area contributed by atoms with Crippen LogP contribution in [0.1, 0.15) is 22.1 Å². The molecule has 0 fully saturated rings. The Morgan fingerprint density at radius 3 is 2.62 bits per heavy atom. The molecule has 1 aromatic carbocycles. The molecular formula is C13H10ClN3O4. The third-order valence-corrected chi connectivity index (χ3v) is 2.99. The molecule has 0 saturated carbocycles. The van der Waals surface area contributed by atoms with Gasteiger partial charge < -0.3 is 15.4 Å². The highest BCUT2D eigenvalue weighted by atomic mass is 35.5. The third-order valence-electron chi connectivity index (χ3n) is 2.64. The Labute approximate surface area is 123 Å². The van der Waals surface area contributed by atoms with E-state index in [1.54, 1.807) is 12.1 Å². The number of aromatic nitrogens is 2. The molecule has 2 rings (SSSR count). The summed E-state index contributed by atoms with van der Waals surface area (Å²) in [7, 11) is 0. The molecule has 1 aromatic heterocycles. The minimum atomic E-state index is -1.32. The van der Waals surface area contributed by atoms with Crippen molar-refractivity contribution in [1.82, 2.24) is 15.3 Å². The molecule has 0 radical (unpaired) electrons. The maximum Gasteiger partial charge on any atom is 0.330 e. The molecule has 0 aliphatic heterocycles. The average Bonchev–Trinajstić information content (AvgIpc) is 2.46. The predicted octanol–water partition coefficient (Wildman–Crippen LogP) is 0.979. The van der Waals surface area contributed by atoms with Gasteiger partial charge in [-0.3, -0.25) is 9.59 Å². The maximum atomic E-state index is 12.0. The van der Waals surface area contributed by atoms with Crippen molar-refractivity contribution in [2.24, 2.45) is 0 Å². The number of aromatic amines is 1. The second kappa shape index (κ2) is 6.19. The summed E-state index contributed by atoms with van der Waals surface area (Å²) < 4.78 is 0. The van der Waals surface area contributed by atoms with E-state index < -0.39 is 23.5 Å². The lowest BCUT2D eigenvalue weighted by molar-refractivity contribution is -0.139. The summed E-state index contributed by atoms with van der Waals surface area (Å²) in [6, 6.07) is 4.97. The first-order chi connectivity index (χ1) is 9.99. The number of nitrogens with zero attached hydrogens (tertiary/aromatic N) is 1. The van der Waals surface area contributed by atoms with Gasteiger partial charge in [-0.05, 0) is 6.07 Å². The molecule has 7 nitrogen and oxygen atoms in total. The SMILES string of the molecule is O=C(N[C@@H](C(=O)O)c1ccccc1Cl)c1c[nH]c(=O)cn1. The van der Waals surface area contributed by atoms with Crippen molar-refractivity contribution in [3.05, 3.63) is 63.3 Å². The van der Waals surface area contributed by atoms with Crippen molar-refractivity contribution in [2.45, 2.75) is 6.04 Å². The number of aliphatic carboxylic acids is 1. The third kappa shape index (κ3) is 3.46. The number of carbonyl (C=O) groups excluding carboxylic acids is 1. The smallest absolute Gasteiger partial charge is 0.330 e. The Bertz CT molecular complexity index is 724. The largest absolute Gasteiger partial charge is 0.479 e. The summed E-state index contributed by atoms with van der Waals surface area (Å²) in [6.45, 7) is 0. The molecule has 0 spiro atoms. The predicted molar refractivity (Wildman–Crippen MR) is 74.2 cm³/mol.